The van der Waals surface area contributed by atoms with Gasteiger partial charge in [0.2, 0.25) is 5.91 Å². The Hall–Kier alpha value is -5.07. The van der Waals surface area contributed by atoms with Crippen LogP contribution in [0.4, 0.5) is 27.7 Å². The summed E-state index contributed by atoms with van der Waals surface area (Å²) in [5.41, 5.74) is -0.759. The van der Waals surface area contributed by atoms with Gasteiger partial charge in [-0.3, -0.25) is 19.5 Å². The Morgan fingerprint density at radius 1 is 0.843 bits per heavy atom. The molecule has 0 atom stereocenters. The number of imide groups is 1. The molecule has 1 aliphatic rings. The van der Waals surface area contributed by atoms with Gasteiger partial charge in [0, 0.05) is 12.6 Å². The maximum absolute atomic E-state index is 13.9. The van der Waals surface area contributed by atoms with Gasteiger partial charge in [0.15, 0.2) is 11.5 Å². The molecule has 1 fully saturated rings. The largest absolute Gasteiger partial charge is 0.495 e. The number of methoxy groups -OCH3 is 1. The first-order valence-electron chi connectivity index (χ1n) is 18.0. The number of aromatic amines is 1. The normalized spacial score (nSPS) is 13.6. The van der Waals surface area contributed by atoms with Crippen molar-refractivity contribution in [2.75, 3.05) is 29.3 Å². The second kappa shape index (κ2) is 18.2. The Balaban J connectivity index is 1.46. The molecule has 0 aliphatic carbocycles. The summed E-state index contributed by atoms with van der Waals surface area (Å²) in [6.45, 7) is 7.01. The standard InChI is InChI=1S/C38H52N6O7/c1-6-7-8-9-10-11-12-13-14-15-16-17-24-51-35(47)27-18-23-31(50-5)30(25-27)40-33-32(43-36(48)38(3,4)41-37(43)49)34(46)44(42-33)29-21-19-28(20-22-29)39-26(2)45/h18-23,25,40,42H,6-17,24H2,1-5H3,(H,39,45)(H,41,49). The number of urea groups is 1. The molecule has 1 saturated heterocycles. The van der Waals surface area contributed by atoms with Crippen LogP contribution in [0.1, 0.15) is 115 Å². The van der Waals surface area contributed by atoms with Gasteiger partial charge in [-0.25, -0.2) is 19.2 Å². The van der Waals surface area contributed by atoms with E-state index >= 15 is 0 Å². The van der Waals surface area contributed by atoms with Gasteiger partial charge >= 0.3 is 12.0 Å². The lowest BCUT2D eigenvalue weighted by Crippen LogP contribution is -2.41. The van der Waals surface area contributed by atoms with Gasteiger partial charge < -0.3 is 25.4 Å². The van der Waals surface area contributed by atoms with Crippen LogP contribution in [0, 0.1) is 0 Å². The first-order valence-corrected chi connectivity index (χ1v) is 18.0. The summed E-state index contributed by atoms with van der Waals surface area (Å²) in [5.74, 6) is -1.04. The molecule has 4 amide bonds. The third-order valence-corrected chi connectivity index (χ3v) is 8.82. The molecule has 0 spiro atoms. The second-order valence-electron chi connectivity index (χ2n) is 13.5. The Morgan fingerprint density at radius 3 is 2.00 bits per heavy atom. The number of nitrogens with one attached hydrogen (secondary N) is 4. The zero-order valence-corrected chi connectivity index (χ0v) is 30.5. The van der Waals surface area contributed by atoms with Crippen LogP contribution in [-0.4, -0.2) is 52.9 Å². The summed E-state index contributed by atoms with van der Waals surface area (Å²) >= 11 is 0. The number of hydrogen-bond acceptors (Lipinski definition) is 8. The Labute approximate surface area is 299 Å². The molecular weight excluding hydrogens is 652 g/mol. The smallest absolute Gasteiger partial charge is 0.338 e. The molecule has 0 radical (unpaired) electrons. The van der Waals surface area contributed by atoms with E-state index < -0.39 is 29.0 Å². The van der Waals surface area contributed by atoms with Crippen LogP contribution in [-0.2, 0) is 14.3 Å². The molecular formula is C38H52N6O7. The van der Waals surface area contributed by atoms with Gasteiger partial charge in [0.05, 0.1) is 30.7 Å². The summed E-state index contributed by atoms with van der Waals surface area (Å²) in [5, 5.41) is 11.3. The fourth-order valence-electron chi connectivity index (χ4n) is 6.01. The van der Waals surface area contributed by atoms with Crippen LogP contribution in [0.5, 0.6) is 5.75 Å². The minimum Gasteiger partial charge on any atom is -0.495 e. The topological polar surface area (TPSA) is 164 Å². The van der Waals surface area contributed by atoms with Gasteiger partial charge in [-0.2, -0.15) is 0 Å². The lowest BCUT2D eigenvalue weighted by molar-refractivity contribution is -0.121. The molecule has 4 N–H and O–H groups in total. The number of ether oxygens (including phenoxy) is 2. The van der Waals surface area contributed by atoms with Crippen molar-refractivity contribution in [2.45, 2.75) is 110 Å². The minimum absolute atomic E-state index is 0.00690. The fraction of sp³-hybridized carbons (Fsp3) is 0.500. The SMILES string of the molecule is CCCCCCCCCCCCCCOC(=O)c1ccc(OC)c(Nc2[nH]n(-c3ccc(NC(C)=O)cc3)c(=O)c2N2C(=O)NC(C)(C)C2=O)c1. The maximum atomic E-state index is 13.9. The molecule has 2 aromatic carbocycles. The fourth-order valence-corrected chi connectivity index (χ4v) is 6.01. The number of benzene rings is 2. The zero-order valence-electron chi connectivity index (χ0n) is 30.5. The number of aromatic nitrogens is 2. The Morgan fingerprint density at radius 2 is 1.45 bits per heavy atom. The summed E-state index contributed by atoms with van der Waals surface area (Å²) in [6, 6.07) is 10.4. The van der Waals surface area contributed by atoms with E-state index in [-0.39, 0.29) is 23.0 Å². The number of hydrogen-bond donors (Lipinski definition) is 4. The average molecular weight is 705 g/mol. The van der Waals surface area contributed by atoms with E-state index in [1.54, 1.807) is 50.2 Å². The van der Waals surface area contributed by atoms with E-state index in [4.69, 9.17) is 9.47 Å². The van der Waals surface area contributed by atoms with Crippen molar-refractivity contribution in [3.05, 3.63) is 58.4 Å². The van der Waals surface area contributed by atoms with Crippen molar-refractivity contribution in [3.63, 3.8) is 0 Å². The highest BCUT2D eigenvalue weighted by Crippen LogP contribution is 2.34. The van der Waals surface area contributed by atoms with Crippen LogP contribution in [0.15, 0.2) is 47.3 Å². The molecule has 13 heteroatoms. The highest BCUT2D eigenvalue weighted by Gasteiger charge is 2.47. The number of rotatable bonds is 20. The van der Waals surface area contributed by atoms with E-state index in [2.05, 4.69) is 28.0 Å². The van der Waals surface area contributed by atoms with Gasteiger partial charge in [-0.05, 0) is 62.7 Å². The number of esters is 1. The lowest BCUT2D eigenvalue weighted by Gasteiger charge is -2.17. The average Bonchev–Trinajstić information content (AvgIpc) is 3.51. The predicted molar refractivity (Wildman–Crippen MR) is 198 cm³/mol. The number of H-pyrrole nitrogens is 1. The molecule has 1 aromatic heterocycles. The summed E-state index contributed by atoms with van der Waals surface area (Å²) in [4.78, 5) is 65.6. The zero-order chi connectivity index (χ0) is 37.0. The summed E-state index contributed by atoms with van der Waals surface area (Å²) < 4.78 is 12.3. The van der Waals surface area contributed by atoms with Gasteiger partial charge in [-0.15, -0.1) is 0 Å². The number of amides is 4. The highest BCUT2D eigenvalue weighted by molar-refractivity contribution is 6.24. The molecule has 0 unspecified atom stereocenters. The van der Waals surface area contributed by atoms with E-state index in [1.807, 2.05) is 0 Å². The van der Waals surface area contributed by atoms with Crippen molar-refractivity contribution >= 4 is 46.7 Å². The molecule has 0 bridgehead atoms. The van der Waals surface area contributed by atoms with Gasteiger partial charge in [0.1, 0.15) is 11.3 Å². The minimum atomic E-state index is -1.25. The third-order valence-electron chi connectivity index (χ3n) is 8.82. The molecule has 13 nitrogen and oxygen atoms in total. The van der Waals surface area contributed by atoms with Crippen molar-refractivity contribution < 1.29 is 28.7 Å². The van der Waals surface area contributed by atoms with Crippen LogP contribution in [0.2, 0.25) is 0 Å². The monoisotopic (exact) mass is 704 g/mol. The van der Waals surface area contributed by atoms with Crippen molar-refractivity contribution in [3.8, 4) is 11.4 Å². The molecule has 51 heavy (non-hydrogen) atoms. The first kappa shape index (κ1) is 38.7. The van der Waals surface area contributed by atoms with Crippen LogP contribution in [0.3, 0.4) is 0 Å². The van der Waals surface area contributed by atoms with Crippen molar-refractivity contribution in [1.82, 2.24) is 15.1 Å². The van der Waals surface area contributed by atoms with Crippen molar-refractivity contribution in [1.29, 1.82) is 0 Å². The molecule has 4 rings (SSSR count). The number of anilines is 4. The van der Waals surface area contributed by atoms with Gasteiger partial charge in [-0.1, -0.05) is 77.6 Å². The van der Waals surface area contributed by atoms with E-state index in [1.165, 1.54) is 82.6 Å². The van der Waals surface area contributed by atoms with Crippen molar-refractivity contribution in [2.24, 2.45) is 0 Å². The molecule has 1 aliphatic heterocycles. The quantitative estimate of drug-likeness (QED) is 0.0532. The number of nitrogens with zero attached hydrogens (tertiary/aromatic N) is 2. The van der Waals surface area contributed by atoms with Crippen LogP contribution in [0.25, 0.3) is 5.69 Å². The predicted octanol–water partition coefficient (Wildman–Crippen LogP) is 7.57. The van der Waals surface area contributed by atoms with Crippen LogP contribution >= 0.6 is 0 Å². The van der Waals surface area contributed by atoms with E-state index in [9.17, 15) is 24.0 Å². The molecule has 2 heterocycles. The summed E-state index contributed by atoms with van der Waals surface area (Å²) in [7, 11) is 1.46. The molecule has 3 aromatic rings. The first-order chi connectivity index (χ1) is 24.5. The van der Waals surface area contributed by atoms with E-state index in [0.717, 1.165) is 24.2 Å². The highest BCUT2D eigenvalue weighted by atomic mass is 16.5. The number of unbranched alkanes of at least 4 members (excludes halogenated alkanes) is 11. The Bertz CT molecular complexity index is 1730. The van der Waals surface area contributed by atoms with Crippen LogP contribution < -0.4 is 31.1 Å². The second-order valence-corrected chi connectivity index (χ2v) is 13.5. The number of carbonyl (C=O) groups is 4. The third kappa shape index (κ3) is 10.2. The lowest BCUT2D eigenvalue weighted by atomic mass is 10.1. The van der Waals surface area contributed by atoms with Gasteiger partial charge in [0.25, 0.3) is 11.5 Å². The maximum Gasteiger partial charge on any atom is 0.338 e. The molecule has 0 saturated carbocycles. The molecule has 276 valence electrons. The Kier molecular flexibility index (Phi) is 13.9. The summed E-state index contributed by atoms with van der Waals surface area (Å²) in [6.07, 6.45) is 14.5. The van der Waals surface area contributed by atoms with E-state index in [0.29, 0.717) is 29.4 Å². The number of carbonyl (C=O) groups excluding carboxylic acids is 4.